The highest BCUT2D eigenvalue weighted by atomic mass is 32.2. The lowest BCUT2D eigenvalue weighted by molar-refractivity contribution is 0.337. The molecule has 2 aromatic rings. The van der Waals surface area contributed by atoms with Crippen LogP contribution in [0.25, 0.3) is 11.4 Å². The van der Waals surface area contributed by atoms with Gasteiger partial charge in [0.25, 0.3) is 0 Å². The summed E-state index contributed by atoms with van der Waals surface area (Å²) in [5.74, 6) is 0.634. The number of aromatic nitrogens is 2. The van der Waals surface area contributed by atoms with Crippen molar-refractivity contribution >= 4 is 29.1 Å². The second-order valence-corrected chi connectivity index (χ2v) is 8.32. The number of hydrogen-bond acceptors (Lipinski definition) is 7. The van der Waals surface area contributed by atoms with Gasteiger partial charge in [0, 0.05) is 18.1 Å². The molecule has 7 heteroatoms. The Morgan fingerprint density at radius 3 is 2.83 bits per heavy atom. The predicted octanol–water partition coefficient (Wildman–Crippen LogP) is 3.60. The molecule has 152 valence electrons. The van der Waals surface area contributed by atoms with Crippen molar-refractivity contribution in [2.45, 2.75) is 26.2 Å². The summed E-state index contributed by atoms with van der Waals surface area (Å²) in [4.78, 5) is 11.6. The van der Waals surface area contributed by atoms with Crippen LogP contribution in [0.2, 0.25) is 0 Å². The molecule has 0 amide bonds. The summed E-state index contributed by atoms with van der Waals surface area (Å²) in [5, 5.41) is 9.77. The van der Waals surface area contributed by atoms with E-state index >= 15 is 0 Å². The van der Waals surface area contributed by atoms with Crippen LogP contribution >= 0.6 is 11.8 Å². The first kappa shape index (κ1) is 19.8. The first-order chi connectivity index (χ1) is 14.2. The molecular weight excluding hydrogens is 380 g/mol. The lowest BCUT2D eigenvalue weighted by atomic mass is 10.2. The smallest absolute Gasteiger partial charge is 0.223 e. The van der Waals surface area contributed by atoms with Crippen molar-refractivity contribution in [1.82, 2.24) is 20.2 Å². The van der Waals surface area contributed by atoms with Crippen LogP contribution in [-0.4, -0.2) is 41.0 Å². The fourth-order valence-electron chi connectivity index (χ4n) is 3.60. The Morgan fingerprint density at radius 2 is 2.03 bits per heavy atom. The number of aryl methyl sites for hydroxylation is 1. The van der Waals surface area contributed by atoms with Gasteiger partial charge in [-0.3, -0.25) is 0 Å². The second kappa shape index (κ2) is 9.33. The van der Waals surface area contributed by atoms with Crippen LogP contribution in [0.3, 0.4) is 0 Å². The summed E-state index contributed by atoms with van der Waals surface area (Å²) < 4.78 is 0. The highest BCUT2D eigenvalue weighted by molar-refractivity contribution is 8.06. The normalized spacial score (nSPS) is 18.4. The van der Waals surface area contributed by atoms with Crippen LogP contribution in [0.4, 0.5) is 5.95 Å². The van der Waals surface area contributed by atoms with Crippen LogP contribution in [0.5, 0.6) is 0 Å². The first-order valence-corrected chi connectivity index (χ1v) is 11.1. The molecule has 2 aliphatic heterocycles. The maximum absolute atomic E-state index is 6.49. The topological polar surface area (TPSA) is 79.1 Å². The largest absolute Gasteiger partial charge is 0.395 e. The van der Waals surface area contributed by atoms with Crippen LogP contribution in [0, 0.1) is 6.92 Å². The number of benzene rings is 1. The third-order valence-electron chi connectivity index (χ3n) is 5.23. The maximum Gasteiger partial charge on any atom is 0.223 e. The van der Waals surface area contributed by atoms with E-state index in [-0.39, 0.29) is 0 Å². The molecule has 0 bridgehead atoms. The number of anilines is 1. The minimum Gasteiger partial charge on any atom is -0.395 e. The van der Waals surface area contributed by atoms with Gasteiger partial charge in [-0.2, -0.15) is 0 Å². The maximum atomic E-state index is 6.49. The van der Waals surface area contributed by atoms with Crippen molar-refractivity contribution in [3.05, 3.63) is 63.8 Å². The van der Waals surface area contributed by atoms with Gasteiger partial charge in [0.15, 0.2) is 0 Å². The Bertz CT molecular complexity index is 903. The molecule has 0 unspecified atom stereocenters. The Labute approximate surface area is 176 Å². The van der Waals surface area contributed by atoms with Crippen molar-refractivity contribution in [3.8, 4) is 0 Å². The average molecular weight is 409 g/mol. The van der Waals surface area contributed by atoms with Gasteiger partial charge in [0.05, 0.1) is 17.1 Å². The molecule has 3 heterocycles. The summed E-state index contributed by atoms with van der Waals surface area (Å²) >= 11 is 1.59. The minimum atomic E-state index is 0.634. The van der Waals surface area contributed by atoms with E-state index in [0.717, 1.165) is 47.1 Å². The van der Waals surface area contributed by atoms with Crippen molar-refractivity contribution in [1.29, 1.82) is 0 Å². The highest BCUT2D eigenvalue weighted by Gasteiger charge is 2.18. The Kier molecular flexibility index (Phi) is 6.36. The Morgan fingerprint density at radius 1 is 1.24 bits per heavy atom. The number of nitrogens with two attached hydrogens (primary N) is 1. The van der Waals surface area contributed by atoms with Crippen LogP contribution in [-0.2, 0) is 0 Å². The SMILES string of the molecule is Cc1cnc(NCCCN2CCCC2)nc1/C(N)=C1/NC(c2ccccc2)=CS1. The molecule has 4 rings (SSSR count). The third-order valence-corrected chi connectivity index (χ3v) is 6.14. The van der Waals surface area contributed by atoms with E-state index in [4.69, 9.17) is 5.73 Å². The van der Waals surface area contributed by atoms with Crippen LogP contribution < -0.4 is 16.4 Å². The molecule has 0 saturated carbocycles. The summed E-state index contributed by atoms with van der Waals surface area (Å²) in [5.41, 5.74) is 11.1. The van der Waals surface area contributed by atoms with Crippen molar-refractivity contribution in [2.24, 2.45) is 5.73 Å². The molecule has 0 spiro atoms. The Balaban J connectivity index is 1.40. The van der Waals surface area contributed by atoms with E-state index in [1.54, 1.807) is 11.8 Å². The average Bonchev–Trinajstić information content (AvgIpc) is 3.45. The van der Waals surface area contributed by atoms with E-state index in [1.807, 2.05) is 31.3 Å². The third kappa shape index (κ3) is 4.92. The van der Waals surface area contributed by atoms with Gasteiger partial charge < -0.3 is 21.3 Å². The standard InChI is InChI=1S/C22H28N6S/c1-16-14-25-22(24-10-7-13-28-11-5-6-12-28)27-20(16)19(23)21-26-18(15-29-21)17-8-3-2-4-9-17/h2-4,8-9,14-15,26H,5-7,10-13,23H2,1H3,(H,24,25,27)/b21-19+. The number of thioether (sulfide) groups is 1. The molecular formula is C22H28N6S. The van der Waals surface area contributed by atoms with Crippen LogP contribution in [0.1, 0.15) is 36.1 Å². The molecule has 6 nitrogen and oxygen atoms in total. The molecule has 2 aliphatic rings. The van der Waals surface area contributed by atoms with Gasteiger partial charge in [0.2, 0.25) is 5.95 Å². The molecule has 1 saturated heterocycles. The van der Waals surface area contributed by atoms with Gasteiger partial charge in [-0.15, -0.1) is 0 Å². The van der Waals surface area contributed by atoms with Gasteiger partial charge in [-0.1, -0.05) is 42.1 Å². The predicted molar refractivity (Wildman–Crippen MR) is 122 cm³/mol. The fraction of sp³-hybridized carbons (Fsp3) is 0.364. The lowest BCUT2D eigenvalue weighted by Crippen LogP contribution is -2.22. The number of rotatable bonds is 7. The highest BCUT2D eigenvalue weighted by Crippen LogP contribution is 2.33. The van der Waals surface area contributed by atoms with E-state index in [1.165, 1.54) is 25.9 Å². The molecule has 29 heavy (non-hydrogen) atoms. The summed E-state index contributed by atoms with van der Waals surface area (Å²) in [6.07, 6.45) is 5.59. The van der Waals surface area contributed by atoms with Crippen molar-refractivity contribution in [2.75, 3.05) is 31.5 Å². The van der Waals surface area contributed by atoms with E-state index < -0.39 is 0 Å². The van der Waals surface area contributed by atoms with Gasteiger partial charge >= 0.3 is 0 Å². The molecule has 0 aliphatic carbocycles. The zero-order valence-corrected chi connectivity index (χ0v) is 17.6. The van der Waals surface area contributed by atoms with E-state index in [0.29, 0.717) is 11.6 Å². The second-order valence-electron chi connectivity index (χ2n) is 7.44. The summed E-state index contributed by atoms with van der Waals surface area (Å²) in [6.45, 7) is 6.46. The summed E-state index contributed by atoms with van der Waals surface area (Å²) in [6, 6.07) is 10.2. The molecule has 0 radical (unpaired) electrons. The fourth-order valence-corrected chi connectivity index (χ4v) is 4.43. The molecule has 4 N–H and O–H groups in total. The number of nitrogens with one attached hydrogen (secondary N) is 2. The van der Waals surface area contributed by atoms with E-state index in [2.05, 4.69) is 43.0 Å². The van der Waals surface area contributed by atoms with Crippen LogP contribution in [0.15, 0.2) is 47.0 Å². The molecule has 0 atom stereocenters. The number of likely N-dealkylation sites (tertiary alicyclic amines) is 1. The quantitative estimate of drug-likeness (QED) is 0.604. The van der Waals surface area contributed by atoms with Gasteiger partial charge in [-0.25, -0.2) is 9.97 Å². The molecule has 1 aromatic heterocycles. The molecule has 1 aromatic carbocycles. The lowest BCUT2D eigenvalue weighted by Gasteiger charge is -2.15. The van der Waals surface area contributed by atoms with Gasteiger partial charge in [0.1, 0.15) is 5.03 Å². The van der Waals surface area contributed by atoms with Gasteiger partial charge in [-0.05, 0) is 56.9 Å². The summed E-state index contributed by atoms with van der Waals surface area (Å²) in [7, 11) is 0. The number of hydrogen-bond donors (Lipinski definition) is 3. The van der Waals surface area contributed by atoms with Crippen molar-refractivity contribution in [3.63, 3.8) is 0 Å². The van der Waals surface area contributed by atoms with E-state index in [9.17, 15) is 0 Å². The zero-order chi connectivity index (χ0) is 20.1. The number of nitrogens with zero attached hydrogens (tertiary/aromatic N) is 3. The molecule has 1 fully saturated rings. The first-order valence-electron chi connectivity index (χ1n) is 10.2. The zero-order valence-electron chi connectivity index (χ0n) is 16.8. The monoisotopic (exact) mass is 408 g/mol. The Hall–Kier alpha value is -2.51. The van der Waals surface area contributed by atoms with Crippen molar-refractivity contribution < 1.29 is 0 Å². The minimum absolute atomic E-state index is 0.634.